The largest absolute Gasteiger partial charge is 0.415 e. The number of nitrogens with two attached hydrogens (primary N) is 1. The maximum absolute atomic E-state index is 12.7. The zero-order valence-corrected chi connectivity index (χ0v) is 18.5. The number of rotatable bonds is 9. The Labute approximate surface area is 192 Å². The van der Waals surface area contributed by atoms with Crippen molar-refractivity contribution >= 4 is 15.8 Å². The first-order valence-corrected chi connectivity index (χ1v) is 11.7. The summed E-state index contributed by atoms with van der Waals surface area (Å²) in [5.74, 6) is -0.508. The van der Waals surface area contributed by atoms with Crippen LogP contribution in [-0.4, -0.2) is 56.4 Å². The normalized spacial score (nSPS) is 12.8. The topological polar surface area (TPSA) is 168 Å². The summed E-state index contributed by atoms with van der Waals surface area (Å²) in [5.41, 5.74) is 7.74. The van der Waals surface area contributed by atoms with Crippen LogP contribution in [0.2, 0.25) is 0 Å². The zero-order chi connectivity index (χ0) is 24.3. The molecule has 1 unspecified atom stereocenters. The van der Waals surface area contributed by atoms with Crippen molar-refractivity contribution in [2.24, 2.45) is 0 Å². The van der Waals surface area contributed by atoms with Crippen molar-refractivity contribution in [3.63, 3.8) is 0 Å². The lowest BCUT2D eigenvalue weighted by Gasteiger charge is -2.16. The molecule has 0 saturated heterocycles. The highest BCUT2D eigenvalue weighted by Crippen LogP contribution is 2.26. The maximum atomic E-state index is 12.7. The molecular formula is C19H19F2N9O3S. The number of nitrogens with one attached hydrogen (secondary N) is 1. The van der Waals surface area contributed by atoms with Gasteiger partial charge >= 0.3 is 6.43 Å². The van der Waals surface area contributed by atoms with E-state index in [0.29, 0.717) is 34.8 Å². The Morgan fingerprint density at radius 1 is 1.09 bits per heavy atom. The van der Waals surface area contributed by atoms with Crippen molar-refractivity contribution in [2.75, 3.05) is 18.5 Å². The molecule has 12 nitrogen and oxygen atoms in total. The summed E-state index contributed by atoms with van der Waals surface area (Å²) >= 11 is 0. The number of nitrogens with zero attached hydrogens (tertiary/aromatic N) is 7. The predicted octanol–water partition coefficient (Wildman–Crippen LogP) is 1.83. The van der Waals surface area contributed by atoms with Crippen molar-refractivity contribution in [3.05, 3.63) is 54.4 Å². The molecule has 0 amide bonds. The molecule has 15 heteroatoms. The molecule has 1 atom stereocenters. The summed E-state index contributed by atoms with van der Waals surface area (Å²) < 4.78 is 57.4. The molecular weight excluding hydrogens is 472 g/mol. The second-order valence-electron chi connectivity index (χ2n) is 7.24. The van der Waals surface area contributed by atoms with Crippen LogP contribution >= 0.6 is 0 Å². The summed E-state index contributed by atoms with van der Waals surface area (Å²) in [6.45, 7) is 0.118. The van der Waals surface area contributed by atoms with Crippen LogP contribution in [0.1, 0.15) is 30.5 Å². The molecule has 0 aliphatic carbocycles. The lowest BCUT2D eigenvalue weighted by Crippen LogP contribution is -2.26. The fourth-order valence-corrected chi connectivity index (χ4v) is 3.57. The molecule has 0 spiro atoms. The van der Waals surface area contributed by atoms with Crippen molar-refractivity contribution in [3.8, 4) is 22.7 Å². The molecule has 34 heavy (non-hydrogen) atoms. The van der Waals surface area contributed by atoms with Crippen molar-refractivity contribution < 1.29 is 21.6 Å². The first-order chi connectivity index (χ1) is 16.2. The van der Waals surface area contributed by atoms with E-state index in [1.807, 2.05) is 0 Å². The maximum Gasteiger partial charge on any atom is 0.314 e. The first-order valence-electron chi connectivity index (χ1n) is 9.86. The molecule has 178 valence electrons. The lowest BCUT2D eigenvalue weighted by molar-refractivity contribution is 0.116. The van der Waals surface area contributed by atoms with Gasteiger partial charge in [-0.2, -0.15) is 8.78 Å². The van der Waals surface area contributed by atoms with Crippen LogP contribution < -0.4 is 10.5 Å². The van der Waals surface area contributed by atoms with Crippen LogP contribution in [0.5, 0.6) is 0 Å². The molecule has 4 rings (SSSR count). The van der Waals surface area contributed by atoms with E-state index >= 15 is 0 Å². The fraction of sp³-hybridized carbons (Fsp3) is 0.263. The van der Waals surface area contributed by atoms with Gasteiger partial charge in [-0.15, -0.1) is 15.3 Å². The molecule has 4 aromatic heterocycles. The minimum absolute atomic E-state index is 0.0939. The molecule has 0 radical (unpaired) electrons. The highest BCUT2D eigenvalue weighted by Gasteiger charge is 2.21. The van der Waals surface area contributed by atoms with Crippen molar-refractivity contribution in [1.29, 1.82) is 0 Å². The highest BCUT2D eigenvalue weighted by atomic mass is 32.2. The highest BCUT2D eigenvalue weighted by molar-refractivity contribution is 7.88. The standard InChI is InChI=1S/C19H19F2N9O3S/c1-34(31,32)25-7-6-15(30-10-14(26-29-30)11-3-5-16(22)24-8-11)13-4-2-12(9-23-13)18-27-28-19(33-18)17(20)21/h2-5,8-10,15,17,25H,6-7H2,1H3,(H2,22,24). The van der Waals surface area contributed by atoms with Crippen LogP contribution in [0.4, 0.5) is 14.6 Å². The van der Waals surface area contributed by atoms with E-state index in [1.165, 1.54) is 6.20 Å². The molecule has 3 N–H and O–H groups in total. The summed E-state index contributed by atoms with van der Waals surface area (Å²) in [6.07, 6.45) is 3.14. The summed E-state index contributed by atoms with van der Waals surface area (Å²) in [5, 5.41) is 15.2. The number of alkyl halides is 2. The molecule has 0 fully saturated rings. The van der Waals surface area contributed by atoms with Gasteiger partial charge in [0.05, 0.1) is 29.8 Å². The van der Waals surface area contributed by atoms with Crippen LogP contribution in [0, 0.1) is 0 Å². The van der Waals surface area contributed by atoms with Gasteiger partial charge in [-0.1, -0.05) is 5.21 Å². The fourth-order valence-electron chi connectivity index (χ4n) is 3.08. The number of sulfonamides is 1. The Bertz CT molecular complexity index is 1360. The molecule has 0 aliphatic rings. The summed E-state index contributed by atoms with van der Waals surface area (Å²) in [7, 11) is -3.40. The minimum atomic E-state index is -3.40. The molecule has 4 aromatic rings. The third kappa shape index (κ3) is 5.55. The van der Waals surface area contributed by atoms with E-state index in [9.17, 15) is 17.2 Å². The Hall–Kier alpha value is -3.85. The Kier molecular flexibility index (Phi) is 6.56. The molecule has 0 saturated carbocycles. The number of hydrogen-bond donors (Lipinski definition) is 2. The predicted molar refractivity (Wildman–Crippen MR) is 116 cm³/mol. The van der Waals surface area contributed by atoms with Gasteiger partial charge in [-0.05, 0) is 30.7 Å². The quantitative estimate of drug-likeness (QED) is 0.352. The Morgan fingerprint density at radius 3 is 2.47 bits per heavy atom. The van der Waals surface area contributed by atoms with E-state index in [-0.39, 0.29) is 12.4 Å². The van der Waals surface area contributed by atoms with Crippen LogP contribution in [0.3, 0.4) is 0 Å². The van der Waals surface area contributed by atoms with Crippen LogP contribution in [0.15, 0.2) is 47.3 Å². The van der Waals surface area contributed by atoms with Gasteiger partial charge in [0.25, 0.3) is 5.89 Å². The minimum Gasteiger partial charge on any atom is -0.415 e. The van der Waals surface area contributed by atoms with Crippen molar-refractivity contribution in [2.45, 2.75) is 18.9 Å². The molecule has 4 heterocycles. The number of anilines is 1. The third-order valence-electron chi connectivity index (χ3n) is 4.70. The van der Waals surface area contributed by atoms with E-state index < -0.39 is 28.4 Å². The van der Waals surface area contributed by atoms with Gasteiger partial charge in [0, 0.05) is 24.5 Å². The molecule has 0 aromatic carbocycles. The van der Waals surface area contributed by atoms with Gasteiger partial charge in [0.15, 0.2) is 0 Å². The van der Waals surface area contributed by atoms with Gasteiger partial charge in [-0.3, -0.25) is 4.98 Å². The number of pyridine rings is 2. The van der Waals surface area contributed by atoms with Gasteiger partial charge < -0.3 is 10.2 Å². The van der Waals surface area contributed by atoms with E-state index in [2.05, 4.69) is 35.2 Å². The van der Waals surface area contributed by atoms with Crippen LogP contribution in [0.25, 0.3) is 22.7 Å². The Morgan fingerprint density at radius 2 is 1.85 bits per heavy atom. The molecule has 0 aliphatic heterocycles. The number of nitrogen functional groups attached to an aromatic ring is 1. The number of halogens is 2. The first kappa shape index (κ1) is 23.3. The summed E-state index contributed by atoms with van der Waals surface area (Å²) in [4.78, 5) is 8.42. The summed E-state index contributed by atoms with van der Waals surface area (Å²) in [6, 6.07) is 6.12. The van der Waals surface area contributed by atoms with E-state index in [4.69, 9.17) is 10.2 Å². The van der Waals surface area contributed by atoms with Crippen molar-refractivity contribution in [1.82, 2.24) is 39.9 Å². The average molecular weight is 491 g/mol. The number of aromatic nitrogens is 7. The SMILES string of the molecule is CS(=O)(=O)NCCC(c1ccc(-c2nnc(C(F)F)o2)cn1)n1cc(-c2ccc(N)nc2)nn1. The van der Waals surface area contributed by atoms with Gasteiger partial charge in [0.1, 0.15) is 11.5 Å². The average Bonchev–Trinajstić information content (AvgIpc) is 3.47. The monoisotopic (exact) mass is 491 g/mol. The van der Waals surface area contributed by atoms with E-state index in [1.54, 1.807) is 41.3 Å². The smallest absolute Gasteiger partial charge is 0.314 e. The number of hydrogen-bond acceptors (Lipinski definition) is 10. The molecule has 0 bridgehead atoms. The van der Waals surface area contributed by atoms with E-state index in [0.717, 1.165) is 6.26 Å². The second-order valence-corrected chi connectivity index (χ2v) is 9.08. The van der Waals surface area contributed by atoms with Crippen LogP contribution in [-0.2, 0) is 10.0 Å². The Balaban J connectivity index is 1.61. The lowest BCUT2D eigenvalue weighted by atomic mass is 10.1. The second kappa shape index (κ2) is 9.56. The zero-order valence-electron chi connectivity index (χ0n) is 17.7. The van der Waals surface area contributed by atoms with Gasteiger partial charge in [-0.25, -0.2) is 22.8 Å². The third-order valence-corrected chi connectivity index (χ3v) is 5.42. The van der Waals surface area contributed by atoms with Gasteiger partial charge in [0.2, 0.25) is 15.9 Å².